The number of carbonyl (C=O) groups is 1. The summed E-state index contributed by atoms with van der Waals surface area (Å²) in [7, 11) is 0. The van der Waals surface area contributed by atoms with E-state index in [-0.39, 0.29) is 5.91 Å². The normalized spacial score (nSPS) is 9.56. The van der Waals surface area contributed by atoms with Crippen LogP contribution in [0.5, 0.6) is 0 Å². The van der Waals surface area contributed by atoms with E-state index in [9.17, 15) is 4.79 Å². The van der Waals surface area contributed by atoms with Crippen molar-refractivity contribution in [2.75, 3.05) is 13.1 Å². The van der Waals surface area contributed by atoms with Crippen LogP contribution in [0.2, 0.25) is 0 Å². The van der Waals surface area contributed by atoms with Crippen LogP contribution in [0.4, 0.5) is 0 Å². The van der Waals surface area contributed by atoms with Crippen molar-refractivity contribution < 1.29 is 4.79 Å². The molecule has 0 aromatic heterocycles. The van der Waals surface area contributed by atoms with Crippen LogP contribution in [-0.4, -0.2) is 24.2 Å². The molecule has 0 aliphatic heterocycles. The Labute approximate surface area is 113 Å². The molecule has 0 atom stereocenters. The van der Waals surface area contributed by atoms with Gasteiger partial charge in [-0.05, 0) is 37.0 Å². The van der Waals surface area contributed by atoms with Crippen LogP contribution in [0.3, 0.4) is 0 Å². The predicted molar refractivity (Wildman–Crippen MR) is 76.9 cm³/mol. The molecule has 0 fully saturated rings. The maximum Gasteiger partial charge on any atom is 0.220 e. The van der Waals surface area contributed by atoms with Gasteiger partial charge in [0.25, 0.3) is 0 Å². The van der Waals surface area contributed by atoms with Gasteiger partial charge in [0.05, 0.1) is 5.16 Å². The first-order valence-electron chi connectivity index (χ1n) is 6.17. The first-order valence-corrected chi connectivity index (χ1v) is 6.58. The van der Waals surface area contributed by atoms with Crippen molar-refractivity contribution in [3.05, 3.63) is 35.9 Å². The average Bonchev–Trinajstić information content (AvgIpc) is 2.41. The molecule has 0 radical (unpaired) electrons. The fourth-order valence-corrected chi connectivity index (χ4v) is 1.67. The lowest BCUT2D eigenvalue weighted by Gasteiger charge is -2.04. The van der Waals surface area contributed by atoms with Gasteiger partial charge in [-0.15, -0.1) is 0 Å². The largest absolute Gasteiger partial charge is 0.356 e. The summed E-state index contributed by atoms with van der Waals surface area (Å²) >= 11 is 4.47. The number of hydrogen-bond acceptors (Lipinski definition) is 3. The zero-order valence-electron chi connectivity index (χ0n) is 10.4. The van der Waals surface area contributed by atoms with E-state index in [2.05, 4.69) is 27.7 Å². The molecular formula is C14H18N2OS. The smallest absolute Gasteiger partial charge is 0.220 e. The molecule has 1 N–H and O–H groups in total. The van der Waals surface area contributed by atoms with Crippen LogP contribution < -0.4 is 5.32 Å². The third kappa shape index (κ3) is 6.94. The molecule has 0 bridgehead atoms. The highest BCUT2D eigenvalue weighted by molar-refractivity contribution is 7.78. The summed E-state index contributed by atoms with van der Waals surface area (Å²) in [5, 5.41) is 5.23. The molecule has 0 unspecified atom stereocenters. The van der Waals surface area contributed by atoms with Crippen LogP contribution in [0.15, 0.2) is 35.3 Å². The molecule has 0 aliphatic carbocycles. The monoisotopic (exact) mass is 262 g/mol. The first-order chi connectivity index (χ1) is 8.83. The zero-order valence-corrected chi connectivity index (χ0v) is 11.2. The number of nitrogens with zero attached hydrogens (tertiary/aromatic N) is 1. The lowest BCUT2D eigenvalue weighted by molar-refractivity contribution is -0.121. The number of rotatable bonds is 8. The van der Waals surface area contributed by atoms with E-state index in [1.165, 1.54) is 5.56 Å². The van der Waals surface area contributed by atoms with Gasteiger partial charge in [-0.1, -0.05) is 30.3 Å². The number of aliphatic imine (C=N–C) groups is 1. The second kappa shape index (κ2) is 9.51. The Kier molecular flexibility index (Phi) is 7.69. The lowest BCUT2D eigenvalue weighted by atomic mass is 10.1. The van der Waals surface area contributed by atoms with E-state index in [0.717, 1.165) is 19.3 Å². The topological polar surface area (TPSA) is 41.5 Å². The number of nitrogens with one attached hydrogen (secondary N) is 1. The number of aryl methyl sites for hydroxylation is 1. The SMILES string of the molecule is O=C(CCc1ccccc1)NCCCCN=C=S. The van der Waals surface area contributed by atoms with E-state index in [4.69, 9.17) is 0 Å². The average molecular weight is 262 g/mol. The molecule has 3 nitrogen and oxygen atoms in total. The molecule has 0 saturated heterocycles. The van der Waals surface area contributed by atoms with Crippen molar-refractivity contribution in [2.24, 2.45) is 4.99 Å². The van der Waals surface area contributed by atoms with Crippen molar-refractivity contribution in [2.45, 2.75) is 25.7 Å². The highest BCUT2D eigenvalue weighted by atomic mass is 32.1. The third-order valence-corrected chi connectivity index (χ3v) is 2.70. The van der Waals surface area contributed by atoms with Crippen LogP contribution in [0.1, 0.15) is 24.8 Å². The molecular weight excluding hydrogens is 244 g/mol. The number of benzene rings is 1. The quantitative estimate of drug-likeness (QED) is 0.444. The van der Waals surface area contributed by atoms with Crippen molar-refractivity contribution in [1.82, 2.24) is 5.32 Å². The summed E-state index contributed by atoms with van der Waals surface area (Å²) in [6, 6.07) is 10.0. The van der Waals surface area contributed by atoms with Gasteiger partial charge in [0.1, 0.15) is 0 Å². The zero-order chi connectivity index (χ0) is 13.1. The minimum absolute atomic E-state index is 0.109. The third-order valence-electron chi connectivity index (χ3n) is 2.57. The maximum atomic E-state index is 11.5. The summed E-state index contributed by atoms with van der Waals surface area (Å²) in [6.07, 6.45) is 3.20. The second-order valence-corrected chi connectivity index (χ2v) is 4.20. The standard InChI is InChI=1S/C14H18N2OS/c17-14(16-11-5-4-10-15-12-18)9-8-13-6-2-1-3-7-13/h1-3,6-7H,4-5,8-11H2,(H,16,17). The molecule has 96 valence electrons. The van der Waals surface area contributed by atoms with Gasteiger partial charge < -0.3 is 5.32 Å². The maximum absolute atomic E-state index is 11.5. The minimum atomic E-state index is 0.109. The van der Waals surface area contributed by atoms with E-state index >= 15 is 0 Å². The number of thiocarbonyl (C=S) groups is 1. The molecule has 1 aromatic carbocycles. The number of hydrogen-bond donors (Lipinski definition) is 1. The Morgan fingerprint density at radius 1 is 1.28 bits per heavy atom. The van der Waals surface area contributed by atoms with Gasteiger partial charge in [0.15, 0.2) is 0 Å². The molecule has 1 rings (SSSR count). The number of isothiocyanates is 1. The molecule has 1 amide bonds. The fraction of sp³-hybridized carbons (Fsp3) is 0.429. The highest BCUT2D eigenvalue weighted by Gasteiger charge is 2.00. The van der Waals surface area contributed by atoms with E-state index in [1.54, 1.807) is 0 Å². The lowest BCUT2D eigenvalue weighted by Crippen LogP contribution is -2.24. The minimum Gasteiger partial charge on any atom is -0.356 e. The number of carbonyl (C=O) groups excluding carboxylic acids is 1. The Balaban J connectivity index is 2.05. The fourth-order valence-electron chi connectivity index (χ4n) is 1.58. The highest BCUT2D eigenvalue weighted by Crippen LogP contribution is 2.02. The van der Waals surface area contributed by atoms with Gasteiger partial charge in [0, 0.05) is 19.5 Å². The van der Waals surface area contributed by atoms with Crippen molar-refractivity contribution in [3.8, 4) is 0 Å². The number of unbranched alkanes of at least 4 members (excludes halogenated alkanes) is 1. The summed E-state index contributed by atoms with van der Waals surface area (Å²) in [6.45, 7) is 1.41. The van der Waals surface area contributed by atoms with Gasteiger partial charge >= 0.3 is 0 Å². The second-order valence-electron chi connectivity index (χ2n) is 4.02. The Hall–Kier alpha value is -1.51. The van der Waals surface area contributed by atoms with E-state index < -0.39 is 0 Å². The van der Waals surface area contributed by atoms with Crippen molar-refractivity contribution in [1.29, 1.82) is 0 Å². The summed E-state index contributed by atoms with van der Waals surface area (Å²) in [4.78, 5) is 15.4. The molecule has 0 spiro atoms. The van der Waals surface area contributed by atoms with Crippen LogP contribution in [0.25, 0.3) is 0 Å². The number of amides is 1. The Morgan fingerprint density at radius 2 is 2.06 bits per heavy atom. The molecule has 0 saturated carbocycles. The molecule has 1 aromatic rings. The van der Waals surface area contributed by atoms with E-state index in [1.807, 2.05) is 30.3 Å². The van der Waals surface area contributed by atoms with Crippen LogP contribution >= 0.6 is 12.2 Å². The Morgan fingerprint density at radius 3 is 2.78 bits per heavy atom. The molecule has 0 aliphatic rings. The summed E-state index contributed by atoms with van der Waals surface area (Å²) in [5.74, 6) is 0.109. The molecule has 18 heavy (non-hydrogen) atoms. The molecule has 4 heteroatoms. The predicted octanol–water partition coefficient (Wildman–Crippen LogP) is 2.62. The van der Waals surface area contributed by atoms with Gasteiger partial charge in [-0.25, -0.2) is 4.99 Å². The molecule has 0 heterocycles. The van der Waals surface area contributed by atoms with Gasteiger partial charge in [0.2, 0.25) is 5.91 Å². The van der Waals surface area contributed by atoms with Crippen molar-refractivity contribution in [3.63, 3.8) is 0 Å². The van der Waals surface area contributed by atoms with Crippen molar-refractivity contribution >= 4 is 23.3 Å². The summed E-state index contributed by atoms with van der Waals surface area (Å²) in [5.41, 5.74) is 1.20. The first kappa shape index (κ1) is 14.6. The van der Waals surface area contributed by atoms with Crippen LogP contribution in [0, 0.1) is 0 Å². The van der Waals surface area contributed by atoms with Gasteiger partial charge in [-0.3, -0.25) is 4.79 Å². The Bertz CT molecular complexity index is 400. The van der Waals surface area contributed by atoms with Crippen LogP contribution in [-0.2, 0) is 11.2 Å². The van der Waals surface area contributed by atoms with Gasteiger partial charge in [-0.2, -0.15) is 0 Å². The summed E-state index contributed by atoms with van der Waals surface area (Å²) < 4.78 is 0. The van der Waals surface area contributed by atoms with E-state index in [0.29, 0.717) is 19.5 Å².